The summed E-state index contributed by atoms with van der Waals surface area (Å²) in [4.78, 5) is 0. The lowest BCUT2D eigenvalue weighted by Crippen LogP contribution is -2.12. The summed E-state index contributed by atoms with van der Waals surface area (Å²) >= 11 is 0. The van der Waals surface area contributed by atoms with E-state index in [1.807, 2.05) is 0 Å². The van der Waals surface area contributed by atoms with Crippen LogP contribution >= 0.6 is 0 Å². The Kier molecular flexibility index (Phi) is 6.66. The first-order valence-corrected chi connectivity index (χ1v) is 11.2. The molecule has 3 aromatic carbocycles. The minimum absolute atomic E-state index is 0.515. The van der Waals surface area contributed by atoms with Gasteiger partial charge in [-0.3, -0.25) is 0 Å². The predicted octanol–water partition coefficient (Wildman–Crippen LogP) is 6.89. The minimum atomic E-state index is 0.515. The fourth-order valence-corrected chi connectivity index (χ4v) is 4.21. The molecule has 0 heterocycles. The molecule has 0 saturated heterocycles. The highest BCUT2D eigenvalue weighted by Gasteiger charge is 2.03. The van der Waals surface area contributed by atoms with Crippen LogP contribution < -0.4 is 10.4 Å². The normalized spacial score (nSPS) is 11.3. The highest BCUT2D eigenvalue weighted by Crippen LogP contribution is 2.13. The first kappa shape index (κ1) is 22.1. The van der Waals surface area contributed by atoms with E-state index in [2.05, 4.69) is 116 Å². The van der Waals surface area contributed by atoms with E-state index in [-0.39, 0.29) is 0 Å². The van der Waals surface area contributed by atoms with E-state index < -0.39 is 0 Å². The number of benzene rings is 3. The van der Waals surface area contributed by atoms with Crippen molar-refractivity contribution in [3.63, 3.8) is 0 Å². The molecule has 0 saturated carbocycles. The molecule has 30 heavy (non-hydrogen) atoms. The highest BCUT2D eigenvalue weighted by molar-refractivity contribution is 5.44. The van der Waals surface area contributed by atoms with Gasteiger partial charge in [-0.1, -0.05) is 99.5 Å². The van der Waals surface area contributed by atoms with E-state index in [4.69, 9.17) is 0 Å². The summed E-state index contributed by atoms with van der Waals surface area (Å²) in [7, 11) is 0. The standard InChI is InChI=1S/C30H36/c1-19(2)27-15-13-25(17-29(27)21(5)6)23-9-11-24(12-10-23)26-14-16-28(20(3)4)30(18-26)22(7)8/h9-18,21-22H,1-8H3. The topological polar surface area (TPSA) is 0 Å². The van der Waals surface area contributed by atoms with E-state index in [9.17, 15) is 0 Å². The summed E-state index contributed by atoms with van der Waals surface area (Å²) < 4.78 is 0. The second-order valence-electron chi connectivity index (χ2n) is 9.49. The van der Waals surface area contributed by atoms with E-state index in [0.29, 0.717) is 11.8 Å². The number of hydrogen-bond donors (Lipinski definition) is 0. The fraction of sp³-hybridized carbons (Fsp3) is 0.333. The van der Waals surface area contributed by atoms with Crippen molar-refractivity contribution in [2.75, 3.05) is 0 Å². The molecule has 0 aliphatic rings. The molecule has 156 valence electrons. The Morgan fingerprint density at radius 3 is 1.03 bits per heavy atom. The predicted molar refractivity (Wildman–Crippen MR) is 132 cm³/mol. The summed E-state index contributed by atoms with van der Waals surface area (Å²) in [5.41, 5.74) is 5.62. The summed E-state index contributed by atoms with van der Waals surface area (Å²) in [6.45, 7) is 17.9. The van der Waals surface area contributed by atoms with Crippen molar-refractivity contribution in [1.82, 2.24) is 0 Å². The second kappa shape index (κ2) is 9.04. The van der Waals surface area contributed by atoms with Crippen LogP contribution in [0.2, 0.25) is 0 Å². The van der Waals surface area contributed by atoms with Crippen LogP contribution in [0.25, 0.3) is 11.1 Å². The van der Waals surface area contributed by atoms with Gasteiger partial charge in [0.15, 0.2) is 0 Å². The van der Waals surface area contributed by atoms with Gasteiger partial charge in [0.1, 0.15) is 0 Å². The average molecular weight is 397 g/mol. The Bertz CT molecular complexity index is 1230. The van der Waals surface area contributed by atoms with Gasteiger partial charge in [0.2, 0.25) is 0 Å². The monoisotopic (exact) mass is 396 g/mol. The Labute approximate surface area is 181 Å². The highest BCUT2D eigenvalue weighted by atomic mass is 14.1. The molecule has 0 aromatic heterocycles. The lowest BCUT2D eigenvalue weighted by Gasteiger charge is -2.08. The average Bonchev–Trinajstić information content (AvgIpc) is 2.72. The van der Waals surface area contributed by atoms with Crippen molar-refractivity contribution in [2.24, 2.45) is 0 Å². The van der Waals surface area contributed by atoms with Gasteiger partial charge in [0.25, 0.3) is 0 Å². The van der Waals surface area contributed by atoms with E-state index in [1.54, 1.807) is 0 Å². The first-order chi connectivity index (χ1) is 14.2. The van der Waals surface area contributed by atoms with Crippen LogP contribution in [0.1, 0.15) is 78.4 Å². The zero-order valence-electron chi connectivity index (χ0n) is 19.9. The number of rotatable bonds is 2. The van der Waals surface area contributed by atoms with Crippen LogP contribution in [-0.2, 0) is 0 Å². The van der Waals surface area contributed by atoms with Crippen LogP contribution in [0.5, 0.6) is 0 Å². The van der Waals surface area contributed by atoms with Gasteiger partial charge in [-0.25, -0.2) is 0 Å². The van der Waals surface area contributed by atoms with Gasteiger partial charge < -0.3 is 0 Å². The molecular weight excluding hydrogens is 360 g/mol. The van der Waals surface area contributed by atoms with Gasteiger partial charge in [-0.15, -0.1) is 0 Å². The maximum Gasteiger partial charge on any atom is -0.0181 e. The van der Waals surface area contributed by atoms with Gasteiger partial charge >= 0.3 is 0 Å². The molecule has 0 aliphatic heterocycles. The van der Waals surface area contributed by atoms with Crippen LogP contribution in [0.3, 0.4) is 0 Å². The van der Waals surface area contributed by atoms with Gasteiger partial charge in [0, 0.05) is 0 Å². The van der Waals surface area contributed by atoms with Gasteiger partial charge in [-0.2, -0.15) is 0 Å². The van der Waals surface area contributed by atoms with Crippen molar-refractivity contribution in [3.05, 3.63) is 103 Å². The van der Waals surface area contributed by atoms with Gasteiger partial charge in [0.05, 0.1) is 0 Å². The maximum absolute atomic E-state index is 2.37. The third kappa shape index (κ3) is 4.59. The van der Waals surface area contributed by atoms with Crippen LogP contribution in [0.15, 0.2) is 60.7 Å². The Morgan fingerprint density at radius 1 is 0.467 bits per heavy atom. The zero-order valence-corrected chi connectivity index (χ0v) is 19.9. The van der Waals surface area contributed by atoms with Crippen molar-refractivity contribution >= 4 is 11.1 Å². The quantitative estimate of drug-likeness (QED) is 0.442. The SMILES string of the molecule is CC(C)=c1ccc(=c2ccc(=c3ccc(=C(C)C)c(C(C)C)c3)cc2)cc1C(C)C. The second-order valence-corrected chi connectivity index (χ2v) is 9.49. The van der Waals surface area contributed by atoms with Crippen molar-refractivity contribution in [3.8, 4) is 0 Å². The molecule has 0 spiro atoms. The van der Waals surface area contributed by atoms with Crippen LogP contribution in [0.4, 0.5) is 0 Å². The van der Waals surface area contributed by atoms with E-state index in [0.717, 1.165) is 0 Å². The third-order valence-corrected chi connectivity index (χ3v) is 5.98. The molecule has 0 amide bonds. The largest absolute Gasteiger partial charge is 0.0689 e. The molecule has 3 rings (SSSR count). The first-order valence-electron chi connectivity index (χ1n) is 11.2. The lowest BCUT2D eigenvalue weighted by atomic mass is 9.96. The van der Waals surface area contributed by atoms with E-state index in [1.165, 1.54) is 53.6 Å². The minimum Gasteiger partial charge on any atom is -0.0689 e. The summed E-state index contributed by atoms with van der Waals surface area (Å²) in [5.74, 6) is 1.03. The summed E-state index contributed by atoms with van der Waals surface area (Å²) in [5, 5.41) is 7.91. The molecule has 0 radical (unpaired) electrons. The molecule has 0 N–H and O–H groups in total. The van der Waals surface area contributed by atoms with E-state index >= 15 is 0 Å². The molecule has 0 nitrogen and oxygen atoms in total. The molecule has 0 unspecified atom stereocenters. The third-order valence-electron chi connectivity index (χ3n) is 5.98. The molecule has 0 fully saturated rings. The Balaban J connectivity index is 2.29. The Hall–Kier alpha value is -2.60. The fourth-order valence-electron chi connectivity index (χ4n) is 4.21. The number of hydrogen-bond acceptors (Lipinski definition) is 0. The summed E-state index contributed by atoms with van der Waals surface area (Å²) in [6, 6.07) is 22.9. The smallest absolute Gasteiger partial charge is 0.0181 e. The molecular formula is C30H36. The zero-order chi connectivity index (χ0) is 22.0. The molecule has 3 aromatic rings. The molecule has 0 bridgehead atoms. The van der Waals surface area contributed by atoms with Gasteiger partial charge in [-0.05, 0) is 82.0 Å². The van der Waals surface area contributed by atoms with Crippen molar-refractivity contribution < 1.29 is 0 Å². The molecule has 0 atom stereocenters. The lowest BCUT2D eigenvalue weighted by molar-refractivity contribution is 0.855. The maximum atomic E-state index is 2.37. The summed E-state index contributed by atoms with van der Waals surface area (Å²) in [6.07, 6.45) is 0. The van der Waals surface area contributed by atoms with Crippen molar-refractivity contribution in [2.45, 2.75) is 67.2 Å². The van der Waals surface area contributed by atoms with Crippen LogP contribution in [-0.4, -0.2) is 0 Å². The van der Waals surface area contributed by atoms with Crippen molar-refractivity contribution in [1.29, 1.82) is 0 Å². The Morgan fingerprint density at radius 2 is 0.767 bits per heavy atom. The van der Waals surface area contributed by atoms with Crippen LogP contribution in [0, 0.1) is 20.9 Å². The molecule has 0 aliphatic carbocycles. The molecule has 0 heteroatoms.